The smallest absolute Gasteiger partial charge is 0.245 e. The number of morpholine rings is 1. The van der Waals surface area contributed by atoms with Crippen molar-refractivity contribution < 1.29 is 14.3 Å². The van der Waals surface area contributed by atoms with Gasteiger partial charge in [-0.2, -0.15) is 0 Å². The highest BCUT2D eigenvalue weighted by Gasteiger charge is 2.37. The summed E-state index contributed by atoms with van der Waals surface area (Å²) in [5, 5.41) is 0. The third kappa shape index (κ3) is 4.70. The molecule has 0 spiro atoms. The van der Waals surface area contributed by atoms with Gasteiger partial charge in [0.2, 0.25) is 11.8 Å². The van der Waals surface area contributed by atoms with Crippen LogP contribution in [0.3, 0.4) is 0 Å². The largest absolute Gasteiger partial charge is 0.378 e. The van der Waals surface area contributed by atoms with Crippen LogP contribution in [0.2, 0.25) is 0 Å². The Kier molecular flexibility index (Phi) is 6.53. The normalized spacial score (nSPS) is 21.6. The quantitative estimate of drug-likeness (QED) is 0.798. The molecule has 148 valence electrons. The molecule has 1 aromatic rings. The molecule has 0 aliphatic carbocycles. The Labute approximate surface area is 162 Å². The van der Waals surface area contributed by atoms with E-state index in [2.05, 4.69) is 45.0 Å². The molecule has 0 bridgehead atoms. The fourth-order valence-electron chi connectivity index (χ4n) is 4.17. The number of amides is 2. The van der Waals surface area contributed by atoms with Crippen molar-refractivity contribution in [2.75, 3.05) is 32.8 Å². The average molecular weight is 373 g/mol. The van der Waals surface area contributed by atoms with Gasteiger partial charge in [0.1, 0.15) is 6.04 Å². The lowest BCUT2D eigenvalue weighted by Gasteiger charge is -2.33. The van der Waals surface area contributed by atoms with Gasteiger partial charge in [0.05, 0.1) is 13.2 Å². The standard InChI is InChI=1S/C22H32N2O3/c1-16(2)19(18-8-6-17(3)7-9-18)15-21(25)24-10-4-5-20(24)22(26)23-11-13-27-14-12-23/h6-9,16,19-20H,4-5,10-15H2,1-3H3/t19?,20-/m1/s1. The maximum Gasteiger partial charge on any atom is 0.245 e. The number of rotatable bonds is 5. The van der Waals surface area contributed by atoms with E-state index in [1.54, 1.807) is 0 Å². The number of hydrogen-bond acceptors (Lipinski definition) is 3. The van der Waals surface area contributed by atoms with E-state index >= 15 is 0 Å². The number of ether oxygens (including phenoxy) is 1. The van der Waals surface area contributed by atoms with Gasteiger partial charge in [0, 0.05) is 26.1 Å². The average Bonchev–Trinajstić information content (AvgIpc) is 3.16. The molecule has 3 rings (SSSR count). The van der Waals surface area contributed by atoms with E-state index in [1.807, 2.05) is 9.80 Å². The molecule has 2 saturated heterocycles. The van der Waals surface area contributed by atoms with Crippen molar-refractivity contribution >= 4 is 11.8 Å². The predicted molar refractivity (Wildman–Crippen MR) is 106 cm³/mol. The topological polar surface area (TPSA) is 49.9 Å². The van der Waals surface area contributed by atoms with E-state index < -0.39 is 0 Å². The zero-order valence-corrected chi connectivity index (χ0v) is 16.8. The van der Waals surface area contributed by atoms with E-state index in [0.717, 1.165) is 12.8 Å². The first-order valence-electron chi connectivity index (χ1n) is 10.2. The van der Waals surface area contributed by atoms with Gasteiger partial charge in [0.25, 0.3) is 0 Å². The molecule has 0 saturated carbocycles. The summed E-state index contributed by atoms with van der Waals surface area (Å²) in [7, 11) is 0. The highest BCUT2D eigenvalue weighted by atomic mass is 16.5. The van der Waals surface area contributed by atoms with Crippen molar-refractivity contribution in [2.24, 2.45) is 5.92 Å². The Morgan fingerprint density at radius 1 is 1.11 bits per heavy atom. The molecule has 5 nitrogen and oxygen atoms in total. The Morgan fingerprint density at radius 3 is 2.41 bits per heavy atom. The van der Waals surface area contributed by atoms with Crippen LogP contribution in [0.25, 0.3) is 0 Å². The summed E-state index contributed by atoms with van der Waals surface area (Å²) in [5.41, 5.74) is 2.43. The fourth-order valence-corrected chi connectivity index (χ4v) is 4.17. The molecule has 2 atom stereocenters. The molecule has 2 amide bonds. The lowest BCUT2D eigenvalue weighted by atomic mass is 9.85. The van der Waals surface area contributed by atoms with Gasteiger partial charge < -0.3 is 14.5 Å². The van der Waals surface area contributed by atoms with Gasteiger partial charge in [-0.1, -0.05) is 43.7 Å². The Balaban J connectivity index is 1.69. The summed E-state index contributed by atoms with van der Waals surface area (Å²) in [5.74, 6) is 0.754. The van der Waals surface area contributed by atoms with Crippen LogP contribution in [0.1, 0.15) is 50.2 Å². The minimum absolute atomic E-state index is 0.0978. The lowest BCUT2D eigenvalue weighted by molar-refractivity contribution is -0.146. The van der Waals surface area contributed by atoms with Crippen LogP contribution in [0.4, 0.5) is 0 Å². The second kappa shape index (κ2) is 8.87. The first kappa shape index (κ1) is 19.9. The zero-order chi connectivity index (χ0) is 19.4. The third-order valence-electron chi connectivity index (χ3n) is 5.89. The van der Waals surface area contributed by atoms with Crippen LogP contribution < -0.4 is 0 Å². The van der Waals surface area contributed by atoms with E-state index in [1.165, 1.54) is 11.1 Å². The molecular formula is C22H32N2O3. The van der Waals surface area contributed by atoms with E-state index in [0.29, 0.717) is 45.2 Å². The third-order valence-corrected chi connectivity index (χ3v) is 5.89. The minimum atomic E-state index is -0.290. The number of benzene rings is 1. The van der Waals surface area contributed by atoms with Gasteiger partial charge >= 0.3 is 0 Å². The summed E-state index contributed by atoms with van der Waals surface area (Å²) >= 11 is 0. The van der Waals surface area contributed by atoms with Crippen molar-refractivity contribution in [1.29, 1.82) is 0 Å². The van der Waals surface area contributed by atoms with Gasteiger partial charge in [-0.3, -0.25) is 9.59 Å². The minimum Gasteiger partial charge on any atom is -0.378 e. The molecule has 2 fully saturated rings. The Bertz CT molecular complexity index is 650. The summed E-state index contributed by atoms with van der Waals surface area (Å²) in [6.45, 7) is 9.55. The number of aryl methyl sites for hydroxylation is 1. The first-order valence-corrected chi connectivity index (χ1v) is 10.2. The Morgan fingerprint density at radius 2 is 1.78 bits per heavy atom. The van der Waals surface area contributed by atoms with Crippen molar-refractivity contribution in [3.8, 4) is 0 Å². The van der Waals surface area contributed by atoms with Gasteiger partial charge in [-0.05, 0) is 37.2 Å². The van der Waals surface area contributed by atoms with E-state index in [9.17, 15) is 9.59 Å². The molecular weight excluding hydrogens is 340 g/mol. The molecule has 2 aliphatic rings. The monoisotopic (exact) mass is 372 g/mol. The zero-order valence-electron chi connectivity index (χ0n) is 16.8. The van der Waals surface area contributed by atoms with Crippen molar-refractivity contribution in [3.05, 3.63) is 35.4 Å². The van der Waals surface area contributed by atoms with Gasteiger partial charge in [-0.15, -0.1) is 0 Å². The predicted octanol–water partition coefficient (Wildman–Crippen LogP) is 2.97. The molecule has 2 heterocycles. The highest BCUT2D eigenvalue weighted by molar-refractivity contribution is 5.88. The van der Waals surface area contributed by atoms with Crippen molar-refractivity contribution in [2.45, 2.75) is 52.0 Å². The Hall–Kier alpha value is -1.88. The molecule has 1 unspecified atom stereocenters. The first-order chi connectivity index (χ1) is 13.0. The van der Waals surface area contributed by atoms with Crippen LogP contribution in [-0.2, 0) is 14.3 Å². The molecule has 2 aliphatic heterocycles. The van der Waals surface area contributed by atoms with Crippen LogP contribution in [0, 0.1) is 12.8 Å². The second-order valence-electron chi connectivity index (χ2n) is 8.15. The van der Waals surface area contributed by atoms with Crippen molar-refractivity contribution in [1.82, 2.24) is 9.80 Å². The second-order valence-corrected chi connectivity index (χ2v) is 8.15. The number of likely N-dealkylation sites (tertiary alicyclic amines) is 1. The summed E-state index contributed by atoms with van der Waals surface area (Å²) in [6, 6.07) is 8.19. The maximum absolute atomic E-state index is 13.1. The van der Waals surface area contributed by atoms with Crippen LogP contribution in [-0.4, -0.2) is 60.5 Å². The molecule has 0 aromatic heterocycles. The van der Waals surface area contributed by atoms with Gasteiger partial charge in [-0.25, -0.2) is 0 Å². The van der Waals surface area contributed by atoms with Crippen LogP contribution >= 0.6 is 0 Å². The molecule has 27 heavy (non-hydrogen) atoms. The van der Waals surface area contributed by atoms with E-state index in [-0.39, 0.29) is 23.8 Å². The molecule has 0 N–H and O–H groups in total. The lowest BCUT2D eigenvalue weighted by Crippen LogP contribution is -2.51. The summed E-state index contributed by atoms with van der Waals surface area (Å²) < 4.78 is 5.35. The van der Waals surface area contributed by atoms with Crippen molar-refractivity contribution in [3.63, 3.8) is 0 Å². The SMILES string of the molecule is Cc1ccc(C(CC(=O)N2CCC[C@@H]2C(=O)N2CCOCC2)C(C)C)cc1. The highest BCUT2D eigenvalue weighted by Crippen LogP contribution is 2.31. The van der Waals surface area contributed by atoms with E-state index in [4.69, 9.17) is 4.74 Å². The number of nitrogens with zero attached hydrogens (tertiary/aromatic N) is 2. The molecule has 1 aromatic carbocycles. The number of hydrogen-bond donors (Lipinski definition) is 0. The molecule has 0 radical (unpaired) electrons. The van der Waals surface area contributed by atoms with Crippen LogP contribution in [0.15, 0.2) is 24.3 Å². The summed E-state index contributed by atoms with van der Waals surface area (Å²) in [6.07, 6.45) is 2.15. The molecule has 5 heteroatoms. The van der Waals surface area contributed by atoms with Crippen LogP contribution in [0.5, 0.6) is 0 Å². The number of carbonyl (C=O) groups excluding carboxylic acids is 2. The number of carbonyl (C=O) groups is 2. The maximum atomic E-state index is 13.1. The van der Waals surface area contributed by atoms with Gasteiger partial charge in [0.15, 0.2) is 0 Å². The fraction of sp³-hybridized carbons (Fsp3) is 0.636. The summed E-state index contributed by atoms with van der Waals surface area (Å²) in [4.78, 5) is 29.7.